The average Bonchev–Trinajstić information content (AvgIpc) is 4.00. The molecule has 4 aromatic carbocycles. The van der Waals surface area contributed by atoms with Gasteiger partial charge in [0.2, 0.25) is 21.8 Å². The Hall–Kier alpha value is -6.41. The Morgan fingerprint density at radius 1 is 1.00 bits per heavy atom. The van der Waals surface area contributed by atoms with Crippen LogP contribution in [0.4, 0.5) is 17.4 Å². The van der Waals surface area contributed by atoms with Crippen LogP contribution in [0.2, 0.25) is 5.02 Å². The number of aromatic nitrogens is 1. The van der Waals surface area contributed by atoms with E-state index in [1.807, 2.05) is 49.1 Å². The highest BCUT2D eigenvalue weighted by molar-refractivity contribution is 7.92. The number of hydrogen-bond donors (Lipinski definition) is 4. The molecule has 0 aliphatic carbocycles. The second-order valence-corrected chi connectivity index (χ2v) is 22.4. The number of ether oxygens (including phenoxy) is 1. The van der Waals surface area contributed by atoms with Crippen LogP contribution >= 0.6 is 22.9 Å². The Bertz CT molecular complexity index is 3340. The fraction of sp³-hybridized carbons (Fsp3) is 0.347. The number of piperidine rings is 3. The van der Waals surface area contributed by atoms with E-state index in [4.69, 9.17) is 46.5 Å². The van der Waals surface area contributed by atoms with Crippen LogP contribution in [0.25, 0.3) is 32.3 Å². The third-order valence-electron chi connectivity index (χ3n) is 14.0. The molecule has 71 heavy (non-hydrogen) atoms. The summed E-state index contributed by atoms with van der Waals surface area (Å²) in [5, 5.41) is 26.4. The Balaban J connectivity index is 0.805. The minimum Gasteiger partial charge on any atom is -0.479 e. The van der Waals surface area contributed by atoms with Crippen molar-refractivity contribution >= 4 is 118 Å². The molecule has 6 heterocycles. The predicted molar refractivity (Wildman–Crippen MR) is 270 cm³/mol. The Morgan fingerprint density at radius 2 is 1.76 bits per heavy atom. The third kappa shape index (κ3) is 8.49. The molecule has 0 spiro atoms. The van der Waals surface area contributed by atoms with Crippen molar-refractivity contribution in [2.75, 3.05) is 41.4 Å². The number of benzene rings is 4. The molecule has 4 N–H and O–H groups in total. The van der Waals surface area contributed by atoms with Gasteiger partial charge >= 0.3 is 11.9 Å². The highest BCUT2D eigenvalue weighted by Crippen LogP contribution is 2.47. The molecule has 2 unspecified atom stereocenters. The van der Waals surface area contributed by atoms with Gasteiger partial charge in [-0.3, -0.25) is 24.6 Å². The first-order chi connectivity index (χ1) is 33.7. The maximum Gasteiger partial charge on any atom is 0.349 e. The van der Waals surface area contributed by atoms with Crippen LogP contribution < -0.4 is 25.2 Å². The third-order valence-corrected chi connectivity index (χ3v) is 18.0. The summed E-state index contributed by atoms with van der Waals surface area (Å²) >= 11 is 7.40. The number of aliphatic carboxylic acids is 1. The van der Waals surface area contributed by atoms with Crippen LogP contribution in [0.5, 0.6) is 5.75 Å². The summed E-state index contributed by atoms with van der Waals surface area (Å²) in [7, 11) is 8.88. The minimum atomic E-state index is -4.40. The van der Waals surface area contributed by atoms with Gasteiger partial charge in [-0.05, 0) is 110 Å². The number of fused-ring (bicyclic) bond motifs is 1. The number of carboxylic acid groups (broad SMARTS) is 2. The summed E-state index contributed by atoms with van der Waals surface area (Å²) in [5.74, 6) is -3.73. The number of oxazole rings is 1. The van der Waals surface area contributed by atoms with Gasteiger partial charge in [0.1, 0.15) is 16.6 Å². The van der Waals surface area contributed by atoms with Crippen molar-refractivity contribution in [2.24, 2.45) is 0 Å². The summed E-state index contributed by atoms with van der Waals surface area (Å²) in [5.41, 5.74) is 3.56. The average molecular weight is 1020 g/mol. The first-order valence-corrected chi connectivity index (χ1v) is 25.6. The molecule has 3 fully saturated rings. The van der Waals surface area contributed by atoms with Gasteiger partial charge in [0.05, 0.1) is 26.3 Å². The number of carbonyl (C=O) groups is 5. The number of imide groups is 1. The van der Waals surface area contributed by atoms with Crippen molar-refractivity contribution in [3.63, 3.8) is 0 Å². The standard InChI is InChI=1S/C49H45B2ClN6O11S2/c1-48(2)23-29(53-28-6-3-5-26(21-28)42-40(52)41(68-24-38(60)61)43(70-42)46(64)65)17-20-57(48)71(66,67)49(50,51)27-9-13-36-33(22-27)54-47(69-36)56-18-15-25(16-19-56)30-10-11-34-39-31(30)7-4-8-32(39)45(63)58(34)35-12-14-37(59)55-44(35)62/h3-11,13,21-22,25,29,35,53H,12,14-20,23-24H2,1-2H3,(H,60,61)(H,64,65)(H,55,59,62). The number of sulfonamides is 1. The maximum absolute atomic E-state index is 14.5. The summed E-state index contributed by atoms with van der Waals surface area (Å²) in [6, 6.07) is 20.8. The number of nitrogens with zero attached hydrogens (tertiary/aromatic N) is 4. The number of carbonyl (C=O) groups excluding carboxylic acids is 3. The number of hydrogen-bond acceptors (Lipinski definition) is 13. The largest absolute Gasteiger partial charge is 0.479 e. The normalized spacial score (nSPS) is 19.9. The van der Waals surface area contributed by atoms with Crippen LogP contribution in [-0.2, 0) is 29.0 Å². The lowest BCUT2D eigenvalue weighted by atomic mass is 9.65. The second-order valence-electron chi connectivity index (χ2n) is 19.0. The second kappa shape index (κ2) is 18.0. The molecular formula is C49H45B2ClN6O11S2. The van der Waals surface area contributed by atoms with Gasteiger partial charge in [-0.2, -0.15) is 9.29 Å². The van der Waals surface area contributed by atoms with Crippen molar-refractivity contribution < 1.29 is 51.8 Å². The van der Waals surface area contributed by atoms with E-state index in [0.717, 1.165) is 40.5 Å². The zero-order valence-electron chi connectivity index (χ0n) is 38.4. The van der Waals surface area contributed by atoms with Gasteiger partial charge in [0.25, 0.3) is 11.9 Å². The van der Waals surface area contributed by atoms with Gasteiger partial charge in [0, 0.05) is 58.8 Å². The van der Waals surface area contributed by atoms with Gasteiger partial charge in [0.15, 0.2) is 22.8 Å². The van der Waals surface area contributed by atoms with E-state index in [-0.39, 0.29) is 64.4 Å². The molecule has 22 heteroatoms. The number of rotatable bonds is 13. The fourth-order valence-electron chi connectivity index (χ4n) is 10.6. The Kier molecular flexibility index (Phi) is 12.2. The molecule has 0 bridgehead atoms. The number of anilines is 3. The van der Waals surface area contributed by atoms with Crippen LogP contribution in [0.1, 0.15) is 89.4 Å². The smallest absolute Gasteiger partial charge is 0.349 e. The van der Waals surface area contributed by atoms with Gasteiger partial charge in [-0.15, -0.1) is 11.3 Å². The van der Waals surface area contributed by atoms with Gasteiger partial charge in [-0.1, -0.05) is 48.0 Å². The SMILES string of the molecule is [B]C([B])(c1ccc2oc(N3CCC(c4ccc5c6c(cccc46)C(=O)N5C4CCC(=O)NC4=O)CC3)nc2c1)S(=O)(=O)N1CCC(Nc2cccc(-c3sc(C(=O)O)c(OCC(=O)O)c3Cl)c2)CC1(C)C. The highest BCUT2D eigenvalue weighted by Gasteiger charge is 2.48. The van der Waals surface area contributed by atoms with Crippen molar-refractivity contribution in [1.82, 2.24) is 14.6 Å². The molecule has 4 aliphatic rings. The van der Waals surface area contributed by atoms with Crippen LogP contribution in [0.3, 0.4) is 0 Å². The minimum absolute atomic E-state index is 0.0198. The Morgan fingerprint density at radius 3 is 2.48 bits per heavy atom. The predicted octanol–water partition coefficient (Wildman–Crippen LogP) is 6.81. The molecule has 3 amide bonds. The fourth-order valence-corrected chi connectivity index (χ4v) is 13.8. The summed E-state index contributed by atoms with van der Waals surface area (Å²) in [4.78, 5) is 70.0. The number of amides is 3. The van der Waals surface area contributed by atoms with E-state index in [2.05, 4.69) is 10.6 Å². The summed E-state index contributed by atoms with van der Waals surface area (Å²) in [6.45, 7) is 4.16. The molecule has 6 aromatic rings. The maximum atomic E-state index is 14.5. The van der Waals surface area contributed by atoms with Gasteiger partial charge < -0.3 is 29.6 Å². The zero-order chi connectivity index (χ0) is 50.3. The number of aromatic carboxylic acids is 1. The van der Waals surface area contributed by atoms with E-state index < -0.39 is 50.6 Å². The number of nitrogens with one attached hydrogen (secondary N) is 2. The van der Waals surface area contributed by atoms with E-state index in [0.29, 0.717) is 70.4 Å². The van der Waals surface area contributed by atoms with E-state index in [1.165, 1.54) is 15.3 Å². The zero-order valence-corrected chi connectivity index (χ0v) is 40.8. The first kappa shape index (κ1) is 48.2. The molecule has 2 atom stereocenters. The van der Waals surface area contributed by atoms with Gasteiger partial charge in [-0.25, -0.2) is 18.0 Å². The van der Waals surface area contributed by atoms with E-state index >= 15 is 0 Å². The topological polar surface area (TPSA) is 229 Å². The number of halogens is 1. The molecule has 17 nitrogen and oxygen atoms in total. The molecular weight excluding hydrogens is 970 g/mol. The van der Waals surface area contributed by atoms with Crippen molar-refractivity contribution in [3.8, 4) is 16.2 Å². The number of carboxylic acids is 2. The van der Waals surface area contributed by atoms with Crippen LogP contribution in [0, 0.1) is 0 Å². The van der Waals surface area contributed by atoms with Crippen molar-refractivity contribution in [3.05, 3.63) is 99.4 Å². The summed E-state index contributed by atoms with van der Waals surface area (Å²) < 4.78 is 39.5. The van der Waals surface area contributed by atoms with Crippen molar-refractivity contribution in [1.29, 1.82) is 0 Å². The quantitative estimate of drug-likeness (QED) is 0.0689. The van der Waals surface area contributed by atoms with E-state index in [1.54, 1.807) is 36.4 Å². The van der Waals surface area contributed by atoms with Crippen LogP contribution in [-0.4, -0.2) is 117 Å². The number of thiophene rings is 1. The van der Waals surface area contributed by atoms with Crippen LogP contribution in [0.15, 0.2) is 77.2 Å². The van der Waals surface area contributed by atoms with Crippen molar-refractivity contribution in [2.45, 2.75) is 80.5 Å². The lowest BCUT2D eigenvalue weighted by Crippen LogP contribution is -2.60. The molecule has 4 radical (unpaired) electrons. The highest BCUT2D eigenvalue weighted by atomic mass is 35.5. The molecule has 10 rings (SSSR count). The Labute approximate surface area is 419 Å². The lowest BCUT2D eigenvalue weighted by Gasteiger charge is -2.48. The molecule has 0 saturated carbocycles. The molecule has 362 valence electrons. The molecule has 4 aliphatic heterocycles. The monoisotopic (exact) mass is 1010 g/mol. The summed E-state index contributed by atoms with van der Waals surface area (Å²) in [6.07, 6.45) is 2.69. The van der Waals surface area contributed by atoms with E-state index in [9.17, 15) is 37.5 Å². The molecule has 2 aromatic heterocycles. The lowest BCUT2D eigenvalue weighted by molar-refractivity contribution is -0.139. The molecule has 3 saturated heterocycles. The first-order valence-electron chi connectivity index (χ1n) is 23.0.